The van der Waals surface area contributed by atoms with Crippen molar-refractivity contribution in [2.75, 3.05) is 26.8 Å². The summed E-state index contributed by atoms with van der Waals surface area (Å²) in [6, 6.07) is 0.183. The molecule has 0 radical (unpaired) electrons. The molecule has 0 fully saturated rings. The van der Waals surface area contributed by atoms with E-state index in [2.05, 4.69) is 5.32 Å². The number of aliphatic carboxylic acids is 1. The Balaban J connectivity index is 4.11. The van der Waals surface area contributed by atoms with Gasteiger partial charge in [-0.25, -0.2) is 0 Å². The average molecular weight is 274 g/mol. The van der Waals surface area contributed by atoms with Crippen molar-refractivity contribution in [1.82, 2.24) is 10.2 Å². The maximum Gasteiger partial charge on any atom is 0.303 e. The largest absolute Gasteiger partial charge is 0.481 e. The molecule has 0 spiro atoms. The van der Waals surface area contributed by atoms with E-state index >= 15 is 0 Å². The summed E-state index contributed by atoms with van der Waals surface area (Å²) in [5.74, 6) is -0.865. The molecular formula is C13H26N2O4. The predicted molar refractivity (Wildman–Crippen MR) is 73.1 cm³/mol. The fourth-order valence-electron chi connectivity index (χ4n) is 1.75. The van der Waals surface area contributed by atoms with Gasteiger partial charge in [0.2, 0.25) is 5.91 Å². The molecule has 6 heteroatoms. The van der Waals surface area contributed by atoms with Gasteiger partial charge in [-0.3, -0.25) is 14.5 Å². The Morgan fingerprint density at radius 1 is 1.32 bits per heavy atom. The highest BCUT2D eigenvalue weighted by atomic mass is 16.5. The molecule has 0 bridgehead atoms. The van der Waals surface area contributed by atoms with Gasteiger partial charge in [-0.1, -0.05) is 0 Å². The zero-order valence-corrected chi connectivity index (χ0v) is 12.3. The summed E-state index contributed by atoms with van der Waals surface area (Å²) in [6.07, 6.45) is 0.680. The summed E-state index contributed by atoms with van der Waals surface area (Å²) < 4.78 is 4.95. The monoisotopic (exact) mass is 274 g/mol. The van der Waals surface area contributed by atoms with Crippen LogP contribution < -0.4 is 5.32 Å². The number of carbonyl (C=O) groups excluding carboxylic acids is 1. The van der Waals surface area contributed by atoms with Crippen LogP contribution in [-0.4, -0.2) is 60.8 Å². The summed E-state index contributed by atoms with van der Waals surface area (Å²) in [4.78, 5) is 24.3. The van der Waals surface area contributed by atoms with E-state index in [1.165, 1.54) is 0 Å². The minimum Gasteiger partial charge on any atom is -0.481 e. The molecule has 0 saturated heterocycles. The van der Waals surface area contributed by atoms with Crippen molar-refractivity contribution in [3.8, 4) is 0 Å². The summed E-state index contributed by atoms with van der Waals surface area (Å²) in [6.45, 7) is 7.23. The van der Waals surface area contributed by atoms with E-state index in [-0.39, 0.29) is 31.0 Å². The summed E-state index contributed by atoms with van der Waals surface area (Å²) >= 11 is 0. The molecule has 1 atom stereocenters. The first-order valence-corrected chi connectivity index (χ1v) is 6.61. The molecule has 2 N–H and O–H groups in total. The first-order valence-electron chi connectivity index (χ1n) is 6.61. The quantitative estimate of drug-likeness (QED) is 0.613. The van der Waals surface area contributed by atoms with Crippen LogP contribution in [0.3, 0.4) is 0 Å². The molecule has 0 heterocycles. The van der Waals surface area contributed by atoms with Crippen molar-refractivity contribution < 1.29 is 19.4 Å². The lowest BCUT2D eigenvalue weighted by molar-refractivity contribution is -0.137. The fraction of sp³-hybridized carbons (Fsp3) is 0.846. The number of amides is 1. The van der Waals surface area contributed by atoms with Gasteiger partial charge in [-0.05, 0) is 33.7 Å². The first-order chi connectivity index (χ1) is 8.86. The van der Waals surface area contributed by atoms with Gasteiger partial charge in [-0.15, -0.1) is 0 Å². The molecular weight excluding hydrogens is 248 g/mol. The first kappa shape index (κ1) is 17.9. The molecule has 0 rings (SSSR count). The molecule has 1 unspecified atom stereocenters. The van der Waals surface area contributed by atoms with Crippen LogP contribution in [-0.2, 0) is 14.3 Å². The van der Waals surface area contributed by atoms with Crippen LogP contribution in [0.5, 0.6) is 0 Å². The number of nitrogens with one attached hydrogen (secondary N) is 1. The molecule has 1 amide bonds. The van der Waals surface area contributed by atoms with E-state index in [0.717, 1.165) is 0 Å². The molecule has 112 valence electrons. The highest BCUT2D eigenvalue weighted by Crippen LogP contribution is 2.02. The van der Waals surface area contributed by atoms with Crippen LogP contribution in [0.15, 0.2) is 0 Å². The second kappa shape index (κ2) is 9.75. The lowest BCUT2D eigenvalue weighted by Gasteiger charge is -2.26. The highest BCUT2D eigenvalue weighted by molar-refractivity contribution is 5.78. The Hall–Kier alpha value is -1.14. The zero-order chi connectivity index (χ0) is 14.8. The van der Waals surface area contributed by atoms with Crippen LogP contribution in [0.25, 0.3) is 0 Å². The van der Waals surface area contributed by atoms with Crippen molar-refractivity contribution in [3.63, 3.8) is 0 Å². The van der Waals surface area contributed by atoms with Gasteiger partial charge in [0.05, 0.1) is 13.2 Å². The maximum absolute atomic E-state index is 11.8. The topological polar surface area (TPSA) is 78.9 Å². The number of carbonyl (C=O) groups is 2. The molecule has 6 nitrogen and oxygen atoms in total. The highest BCUT2D eigenvalue weighted by Gasteiger charge is 2.15. The Morgan fingerprint density at radius 2 is 1.95 bits per heavy atom. The van der Waals surface area contributed by atoms with Crippen molar-refractivity contribution >= 4 is 11.9 Å². The SMILES string of the molecule is COCC(C)NC(=O)CN(CCCC(=O)O)C(C)C. The Bertz CT molecular complexity index is 282. The van der Waals surface area contributed by atoms with Gasteiger partial charge < -0.3 is 15.2 Å². The summed E-state index contributed by atoms with van der Waals surface area (Å²) in [5, 5.41) is 11.5. The van der Waals surface area contributed by atoms with Crippen molar-refractivity contribution in [3.05, 3.63) is 0 Å². The van der Waals surface area contributed by atoms with E-state index in [0.29, 0.717) is 19.6 Å². The molecule has 0 aliphatic heterocycles. The Kier molecular flexibility index (Phi) is 9.16. The van der Waals surface area contributed by atoms with Crippen molar-refractivity contribution in [2.45, 2.75) is 45.7 Å². The van der Waals surface area contributed by atoms with Crippen LogP contribution in [0, 0.1) is 0 Å². The Labute approximate surface area is 115 Å². The number of nitrogens with zero attached hydrogens (tertiary/aromatic N) is 1. The zero-order valence-electron chi connectivity index (χ0n) is 12.3. The van der Waals surface area contributed by atoms with Gasteiger partial charge in [0, 0.05) is 25.6 Å². The van der Waals surface area contributed by atoms with Crippen molar-refractivity contribution in [1.29, 1.82) is 0 Å². The number of rotatable bonds is 10. The third kappa shape index (κ3) is 9.44. The standard InChI is InChI=1S/C13H26N2O4/c1-10(2)15(7-5-6-13(17)18)8-12(16)14-11(3)9-19-4/h10-11H,5-9H2,1-4H3,(H,14,16)(H,17,18). The van der Waals surface area contributed by atoms with Gasteiger partial charge >= 0.3 is 5.97 Å². The molecule has 0 aliphatic carbocycles. The third-order valence-corrected chi connectivity index (χ3v) is 2.74. The average Bonchev–Trinajstić information content (AvgIpc) is 2.27. The lowest BCUT2D eigenvalue weighted by Crippen LogP contribution is -2.45. The smallest absolute Gasteiger partial charge is 0.303 e. The van der Waals surface area contributed by atoms with Gasteiger partial charge in [0.25, 0.3) is 0 Å². The molecule has 0 aromatic rings. The van der Waals surface area contributed by atoms with E-state index in [4.69, 9.17) is 9.84 Å². The fourth-order valence-corrected chi connectivity index (χ4v) is 1.75. The minimum absolute atomic E-state index is 0.0227. The van der Waals surface area contributed by atoms with Gasteiger partial charge in [0.1, 0.15) is 0 Å². The van der Waals surface area contributed by atoms with E-state index in [1.807, 2.05) is 25.7 Å². The van der Waals surface area contributed by atoms with E-state index in [1.54, 1.807) is 7.11 Å². The van der Waals surface area contributed by atoms with E-state index < -0.39 is 5.97 Å². The minimum atomic E-state index is -0.804. The number of hydrogen-bond acceptors (Lipinski definition) is 4. The van der Waals surface area contributed by atoms with Gasteiger partial charge in [0.15, 0.2) is 0 Å². The second-order valence-electron chi connectivity index (χ2n) is 4.99. The summed E-state index contributed by atoms with van der Waals surface area (Å²) in [5.41, 5.74) is 0. The number of carboxylic acid groups (broad SMARTS) is 1. The van der Waals surface area contributed by atoms with E-state index in [9.17, 15) is 9.59 Å². The molecule has 0 saturated carbocycles. The van der Waals surface area contributed by atoms with Crippen LogP contribution >= 0.6 is 0 Å². The maximum atomic E-state index is 11.8. The van der Waals surface area contributed by atoms with Crippen LogP contribution in [0.4, 0.5) is 0 Å². The van der Waals surface area contributed by atoms with Crippen molar-refractivity contribution in [2.24, 2.45) is 0 Å². The third-order valence-electron chi connectivity index (χ3n) is 2.74. The van der Waals surface area contributed by atoms with Crippen LogP contribution in [0.2, 0.25) is 0 Å². The van der Waals surface area contributed by atoms with Crippen LogP contribution in [0.1, 0.15) is 33.6 Å². The molecule has 19 heavy (non-hydrogen) atoms. The normalized spacial score (nSPS) is 12.7. The molecule has 0 aliphatic rings. The van der Waals surface area contributed by atoms with Gasteiger partial charge in [-0.2, -0.15) is 0 Å². The number of hydrogen-bond donors (Lipinski definition) is 2. The molecule has 0 aromatic carbocycles. The number of ether oxygens (including phenoxy) is 1. The Morgan fingerprint density at radius 3 is 2.42 bits per heavy atom. The number of carboxylic acids is 1. The summed E-state index contributed by atoms with van der Waals surface area (Å²) in [7, 11) is 1.59. The lowest BCUT2D eigenvalue weighted by atomic mass is 10.2. The predicted octanol–water partition coefficient (Wildman–Crippen LogP) is 0.713. The number of methoxy groups -OCH3 is 1. The molecule has 0 aromatic heterocycles. The second-order valence-corrected chi connectivity index (χ2v) is 4.99.